The van der Waals surface area contributed by atoms with Crippen LogP contribution in [0.4, 0.5) is 0 Å². The molecule has 1 aromatic heterocycles. The van der Waals surface area contributed by atoms with Crippen molar-refractivity contribution in [2.24, 2.45) is 5.73 Å². The Hall–Kier alpha value is -1.78. The summed E-state index contributed by atoms with van der Waals surface area (Å²) in [6, 6.07) is 7.55. The van der Waals surface area contributed by atoms with Crippen molar-refractivity contribution in [1.82, 2.24) is 4.98 Å². The number of nitrogens with two attached hydrogens (primary N) is 1. The number of aromatic nitrogens is 1. The minimum atomic E-state index is 0.409. The Bertz CT molecular complexity index is 614. The minimum Gasteiger partial charge on any atom is -0.493 e. The van der Waals surface area contributed by atoms with Crippen molar-refractivity contribution in [2.45, 2.75) is 19.6 Å². The molecule has 20 heavy (non-hydrogen) atoms. The normalized spacial score (nSPS) is 12.9. The molecule has 2 aromatic rings. The fourth-order valence-corrected chi connectivity index (χ4v) is 2.49. The van der Waals surface area contributed by atoms with E-state index >= 15 is 0 Å². The number of rotatable bonds is 4. The summed E-state index contributed by atoms with van der Waals surface area (Å²) in [5, 5.41) is 0.712. The number of hydrogen-bond acceptors (Lipinski definition) is 4. The lowest BCUT2D eigenvalue weighted by Gasteiger charge is -2.10. The van der Waals surface area contributed by atoms with E-state index in [0.717, 1.165) is 29.0 Å². The maximum absolute atomic E-state index is 6.11. The van der Waals surface area contributed by atoms with Crippen molar-refractivity contribution in [3.63, 3.8) is 0 Å². The molecule has 2 heterocycles. The van der Waals surface area contributed by atoms with Gasteiger partial charge in [-0.25, -0.2) is 0 Å². The summed E-state index contributed by atoms with van der Waals surface area (Å²) in [5.74, 6) is 1.61. The first-order chi connectivity index (χ1) is 9.76. The first kappa shape index (κ1) is 13.2. The van der Waals surface area contributed by atoms with E-state index in [1.165, 1.54) is 0 Å². The van der Waals surface area contributed by atoms with Gasteiger partial charge in [0.25, 0.3) is 0 Å². The maximum atomic E-state index is 6.11. The van der Waals surface area contributed by atoms with Crippen molar-refractivity contribution in [3.8, 4) is 11.5 Å². The lowest BCUT2D eigenvalue weighted by Crippen LogP contribution is -2.01. The Labute approximate surface area is 122 Å². The van der Waals surface area contributed by atoms with E-state index in [1.54, 1.807) is 6.20 Å². The van der Waals surface area contributed by atoms with Crippen LogP contribution in [0.3, 0.4) is 0 Å². The van der Waals surface area contributed by atoms with Crippen LogP contribution in [0.2, 0.25) is 5.02 Å². The van der Waals surface area contributed by atoms with Crippen LogP contribution in [0, 0.1) is 0 Å². The molecule has 1 aliphatic heterocycles. The zero-order valence-corrected chi connectivity index (χ0v) is 11.7. The molecule has 0 bridgehead atoms. The molecule has 0 unspecified atom stereocenters. The molecule has 0 aliphatic carbocycles. The van der Waals surface area contributed by atoms with E-state index < -0.39 is 0 Å². The largest absolute Gasteiger partial charge is 0.493 e. The van der Waals surface area contributed by atoms with Gasteiger partial charge in [0, 0.05) is 23.6 Å². The third kappa shape index (κ3) is 2.71. The molecule has 0 saturated carbocycles. The predicted octanol–water partition coefficient (Wildman–Crippen LogP) is 2.71. The molecule has 104 valence electrons. The highest BCUT2D eigenvalue weighted by Crippen LogP contribution is 2.33. The van der Waals surface area contributed by atoms with Gasteiger partial charge in [-0.2, -0.15) is 0 Å². The second-order valence-electron chi connectivity index (χ2n) is 4.63. The van der Waals surface area contributed by atoms with E-state index in [1.807, 2.05) is 24.3 Å². The summed E-state index contributed by atoms with van der Waals surface area (Å²) in [4.78, 5) is 4.19. The molecule has 1 aromatic carbocycles. The van der Waals surface area contributed by atoms with Crippen LogP contribution in [0.5, 0.6) is 11.5 Å². The minimum absolute atomic E-state index is 0.409. The Morgan fingerprint density at radius 3 is 3.00 bits per heavy atom. The summed E-state index contributed by atoms with van der Waals surface area (Å²) >= 11 is 6.11. The second-order valence-corrected chi connectivity index (χ2v) is 5.07. The third-order valence-corrected chi connectivity index (χ3v) is 3.44. The molecule has 0 fully saturated rings. The van der Waals surface area contributed by atoms with Crippen LogP contribution >= 0.6 is 11.6 Å². The molecule has 4 nitrogen and oxygen atoms in total. The molecule has 3 rings (SSSR count). The molecular formula is C15H15ClN2O2. The number of halogens is 1. The van der Waals surface area contributed by atoms with Gasteiger partial charge >= 0.3 is 0 Å². The molecular weight excluding hydrogens is 276 g/mol. The van der Waals surface area contributed by atoms with E-state index in [2.05, 4.69) is 4.98 Å². The van der Waals surface area contributed by atoms with E-state index in [9.17, 15) is 0 Å². The van der Waals surface area contributed by atoms with Gasteiger partial charge in [-0.1, -0.05) is 11.6 Å². The molecule has 1 aliphatic rings. The highest BCUT2D eigenvalue weighted by atomic mass is 35.5. The van der Waals surface area contributed by atoms with Crippen LogP contribution in [0.15, 0.2) is 30.5 Å². The van der Waals surface area contributed by atoms with E-state index in [4.69, 9.17) is 26.8 Å². The third-order valence-electron chi connectivity index (χ3n) is 3.23. The monoisotopic (exact) mass is 290 g/mol. The van der Waals surface area contributed by atoms with Crippen molar-refractivity contribution < 1.29 is 9.47 Å². The number of hydrogen-bond donors (Lipinski definition) is 1. The van der Waals surface area contributed by atoms with Crippen molar-refractivity contribution in [3.05, 3.63) is 52.3 Å². The Morgan fingerprint density at radius 1 is 1.35 bits per heavy atom. The topological polar surface area (TPSA) is 57.4 Å². The van der Waals surface area contributed by atoms with Gasteiger partial charge in [0.05, 0.1) is 18.5 Å². The number of pyridine rings is 1. The fraction of sp³-hybridized carbons (Fsp3) is 0.267. The van der Waals surface area contributed by atoms with Gasteiger partial charge in [0.1, 0.15) is 18.1 Å². The first-order valence-electron chi connectivity index (χ1n) is 6.48. The molecule has 0 radical (unpaired) electrons. The number of ether oxygens (including phenoxy) is 2. The smallest absolute Gasteiger partial charge is 0.138 e. The summed E-state index contributed by atoms with van der Waals surface area (Å²) in [7, 11) is 0. The number of nitrogens with zero attached hydrogens (tertiary/aromatic N) is 1. The molecule has 5 heteroatoms. The van der Waals surface area contributed by atoms with Crippen LogP contribution in [-0.2, 0) is 19.6 Å². The molecule has 0 amide bonds. The fourth-order valence-electron chi connectivity index (χ4n) is 2.23. The lowest BCUT2D eigenvalue weighted by molar-refractivity contribution is 0.291. The summed E-state index contributed by atoms with van der Waals surface area (Å²) < 4.78 is 11.4. The van der Waals surface area contributed by atoms with Crippen molar-refractivity contribution in [1.29, 1.82) is 0 Å². The Kier molecular flexibility index (Phi) is 3.76. The number of benzene rings is 1. The zero-order valence-electron chi connectivity index (χ0n) is 10.9. The summed E-state index contributed by atoms with van der Waals surface area (Å²) in [6.45, 7) is 1.54. The Balaban J connectivity index is 1.75. The molecule has 0 atom stereocenters. The van der Waals surface area contributed by atoms with Crippen molar-refractivity contribution in [2.75, 3.05) is 6.61 Å². The van der Waals surface area contributed by atoms with Crippen molar-refractivity contribution >= 4 is 11.6 Å². The summed E-state index contributed by atoms with van der Waals surface area (Å²) in [6.07, 6.45) is 2.57. The molecule has 0 saturated heterocycles. The molecule has 2 N–H and O–H groups in total. The van der Waals surface area contributed by atoms with Gasteiger partial charge in [-0.05, 0) is 29.8 Å². The Morgan fingerprint density at radius 2 is 2.25 bits per heavy atom. The van der Waals surface area contributed by atoms with Gasteiger partial charge in [-0.3, -0.25) is 4.98 Å². The maximum Gasteiger partial charge on any atom is 0.138 e. The van der Waals surface area contributed by atoms with Crippen LogP contribution in [-0.4, -0.2) is 11.6 Å². The standard InChI is InChI=1S/C15H15ClN2O2/c16-12-5-10-3-4-19-15(10)11(6-12)9-20-14-2-1-13(7-17)18-8-14/h1-2,5-6,8H,3-4,7,9,17H2. The van der Waals surface area contributed by atoms with E-state index in [0.29, 0.717) is 30.5 Å². The van der Waals surface area contributed by atoms with Crippen LogP contribution < -0.4 is 15.2 Å². The quantitative estimate of drug-likeness (QED) is 0.940. The summed E-state index contributed by atoms with van der Waals surface area (Å²) in [5.41, 5.74) is 8.46. The second kappa shape index (κ2) is 5.69. The lowest BCUT2D eigenvalue weighted by atomic mass is 10.1. The molecule has 0 spiro atoms. The first-order valence-corrected chi connectivity index (χ1v) is 6.86. The average molecular weight is 291 g/mol. The highest BCUT2D eigenvalue weighted by molar-refractivity contribution is 6.30. The van der Waals surface area contributed by atoms with Gasteiger partial charge in [-0.15, -0.1) is 0 Å². The van der Waals surface area contributed by atoms with Gasteiger partial charge in [0.2, 0.25) is 0 Å². The van der Waals surface area contributed by atoms with Gasteiger partial charge < -0.3 is 15.2 Å². The van der Waals surface area contributed by atoms with Crippen LogP contribution in [0.1, 0.15) is 16.8 Å². The van der Waals surface area contributed by atoms with E-state index in [-0.39, 0.29) is 0 Å². The predicted molar refractivity (Wildman–Crippen MR) is 77.1 cm³/mol. The highest BCUT2D eigenvalue weighted by Gasteiger charge is 2.17. The number of fused-ring (bicyclic) bond motifs is 1. The van der Waals surface area contributed by atoms with Crippen LogP contribution in [0.25, 0.3) is 0 Å². The van der Waals surface area contributed by atoms with Gasteiger partial charge in [0.15, 0.2) is 0 Å². The zero-order chi connectivity index (χ0) is 13.9. The average Bonchev–Trinajstić information content (AvgIpc) is 2.93. The SMILES string of the molecule is NCc1ccc(OCc2cc(Cl)cc3c2OCC3)cn1.